The molecule has 7 heteroatoms. The lowest BCUT2D eigenvalue weighted by molar-refractivity contribution is -0.139. The summed E-state index contributed by atoms with van der Waals surface area (Å²) in [7, 11) is 0. The molecule has 0 aliphatic carbocycles. The highest BCUT2D eigenvalue weighted by atomic mass is 16.3. The summed E-state index contributed by atoms with van der Waals surface area (Å²) >= 11 is 0. The molecule has 134 valence electrons. The van der Waals surface area contributed by atoms with Gasteiger partial charge in [-0.15, -0.1) is 0 Å². The molecule has 1 N–H and O–H groups in total. The fourth-order valence-corrected chi connectivity index (χ4v) is 3.06. The number of hydrogen-bond donors (Lipinski definition) is 1. The number of aryl methyl sites for hydroxylation is 3. The minimum Gasteiger partial charge on any atom is -0.389 e. The van der Waals surface area contributed by atoms with Gasteiger partial charge in [0.25, 0.3) is 0 Å². The van der Waals surface area contributed by atoms with Crippen LogP contribution in [-0.4, -0.2) is 68.8 Å². The van der Waals surface area contributed by atoms with Gasteiger partial charge < -0.3 is 14.9 Å². The van der Waals surface area contributed by atoms with Gasteiger partial charge in [0.15, 0.2) is 0 Å². The van der Waals surface area contributed by atoms with Crippen LogP contribution in [0.3, 0.4) is 0 Å². The smallest absolute Gasteiger partial charge is 0.242 e. The van der Waals surface area contributed by atoms with Crippen LogP contribution in [-0.2, 0) is 16.1 Å². The van der Waals surface area contributed by atoms with Crippen molar-refractivity contribution in [3.63, 3.8) is 0 Å². The number of carbonyl (C=O) groups excluding carboxylic acids is 2. The Bertz CT molecular complexity index is 597. The highest BCUT2D eigenvalue weighted by Gasteiger charge is 2.29. The van der Waals surface area contributed by atoms with Crippen molar-refractivity contribution >= 4 is 11.8 Å². The van der Waals surface area contributed by atoms with E-state index in [1.807, 2.05) is 33.8 Å². The number of carbonyl (C=O) groups is 2. The average molecular weight is 336 g/mol. The first-order valence-electron chi connectivity index (χ1n) is 8.51. The van der Waals surface area contributed by atoms with Gasteiger partial charge in [0.05, 0.1) is 18.3 Å². The number of rotatable bonds is 5. The summed E-state index contributed by atoms with van der Waals surface area (Å²) in [6.07, 6.45) is -0.431. The van der Waals surface area contributed by atoms with Crippen molar-refractivity contribution in [2.24, 2.45) is 5.92 Å². The third-order valence-electron chi connectivity index (χ3n) is 4.12. The molecule has 0 bridgehead atoms. The quantitative estimate of drug-likeness (QED) is 0.853. The molecular weight excluding hydrogens is 308 g/mol. The van der Waals surface area contributed by atoms with E-state index in [0.717, 1.165) is 11.4 Å². The van der Waals surface area contributed by atoms with E-state index in [4.69, 9.17) is 0 Å². The first-order valence-corrected chi connectivity index (χ1v) is 8.51. The number of nitrogens with zero attached hydrogens (tertiary/aromatic N) is 4. The minimum absolute atomic E-state index is 0.0414. The molecule has 0 saturated carbocycles. The number of hydrogen-bond acceptors (Lipinski definition) is 4. The Labute approximate surface area is 143 Å². The molecule has 1 saturated heterocycles. The van der Waals surface area contributed by atoms with Crippen LogP contribution in [0.4, 0.5) is 0 Å². The van der Waals surface area contributed by atoms with Crippen molar-refractivity contribution < 1.29 is 14.7 Å². The maximum absolute atomic E-state index is 12.5. The van der Waals surface area contributed by atoms with Crippen molar-refractivity contribution in [1.29, 1.82) is 0 Å². The van der Waals surface area contributed by atoms with Crippen LogP contribution in [0.15, 0.2) is 6.07 Å². The molecule has 1 atom stereocenters. The molecular formula is C17H28N4O3. The minimum atomic E-state index is -0.701. The number of aliphatic hydroxyl groups is 1. The van der Waals surface area contributed by atoms with Crippen LogP contribution >= 0.6 is 0 Å². The fraction of sp³-hybridized carbons (Fsp3) is 0.706. The lowest BCUT2D eigenvalue weighted by Gasteiger charge is -2.23. The van der Waals surface area contributed by atoms with Crippen LogP contribution in [0, 0.1) is 19.8 Å². The van der Waals surface area contributed by atoms with Crippen LogP contribution in [0.5, 0.6) is 0 Å². The Hall–Kier alpha value is -1.89. The van der Waals surface area contributed by atoms with E-state index < -0.39 is 6.10 Å². The highest BCUT2D eigenvalue weighted by Crippen LogP contribution is 2.10. The van der Waals surface area contributed by atoms with Crippen LogP contribution < -0.4 is 0 Å². The zero-order chi connectivity index (χ0) is 17.9. The predicted octanol–water partition coefficient (Wildman–Crippen LogP) is 0.578. The van der Waals surface area contributed by atoms with Gasteiger partial charge in [-0.25, -0.2) is 0 Å². The molecule has 1 aliphatic heterocycles. The predicted molar refractivity (Wildman–Crippen MR) is 90.3 cm³/mol. The number of β-amino-alcohol motifs (C(OH)–C–C–N with tert-alkyl or cyclic N) is 1. The molecule has 2 heterocycles. The van der Waals surface area contributed by atoms with Gasteiger partial charge in [0.1, 0.15) is 0 Å². The highest BCUT2D eigenvalue weighted by molar-refractivity contribution is 5.85. The number of amides is 2. The second kappa shape index (κ2) is 7.79. The normalized spacial score (nSPS) is 19.1. The van der Waals surface area contributed by atoms with Crippen LogP contribution in [0.2, 0.25) is 0 Å². The Morgan fingerprint density at radius 2 is 2.08 bits per heavy atom. The Kier molecular flexibility index (Phi) is 5.99. The van der Waals surface area contributed by atoms with Gasteiger partial charge in [0.2, 0.25) is 11.8 Å². The van der Waals surface area contributed by atoms with Crippen LogP contribution in [0.25, 0.3) is 0 Å². The summed E-state index contributed by atoms with van der Waals surface area (Å²) in [5.74, 6) is 0.107. The van der Waals surface area contributed by atoms with Gasteiger partial charge in [0, 0.05) is 38.3 Å². The van der Waals surface area contributed by atoms with E-state index in [2.05, 4.69) is 5.10 Å². The van der Waals surface area contributed by atoms with E-state index in [-0.39, 0.29) is 37.9 Å². The third-order valence-corrected chi connectivity index (χ3v) is 4.12. The van der Waals surface area contributed by atoms with E-state index in [0.29, 0.717) is 19.0 Å². The standard InChI is InChI=1S/C17H28N4O3/c1-12(2)8-19-9-15(22)10-20(11-17(19)24)16(23)5-6-21-14(4)7-13(3)18-21/h7,12,15,22H,5-6,8-11H2,1-4H3. The number of aliphatic hydroxyl groups excluding tert-OH is 1. The SMILES string of the molecule is Cc1cc(C)n(CCC(=O)N2CC(=O)N(CC(C)C)CC(O)C2)n1. The molecule has 1 aromatic rings. The summed E-state index contributed by atoms with van der Waals surface area (Å²) in [5, 5.41) is 14.5. The fourth-order valence-electron chi connectivity index (χ4n) is 3.06. The number of aromatic nitrogens is 2. The van der Waals surface area contributed by atoms with Crippen molar-refractivity contribution in [2.45, 2.75) is 46.8 Å². The average Bonchev–Trinajstić information content (AvgIpc) is 2.72. The van der Waals surface area contributed by atoms with Gasteiger partial charge in [-0.2, -0.15) is 5.10 Å². The van der Waals surface area contributed by atoms with Gasteiger partial charge in [-0.05, 0) is 25.8 Å². The molecule has 2 rings (SSSR count). The topological polar surface area (TPSA) is 78.7 Å². The van der Waals surface area contributed by atoms with Crippen molar-refractivity contribution in [3.8, 4) is 0 Å². The first-order chi connectivity index (χ1) is 11.3. The van der Waals surface area contributed by atoms with E-state index in [1.54, 1.807) is 9.58 Å². The second-order valence-corrected chi connectivity index (χ2v) is 7.02. The molecule has 2 amide bonds. The van der Waals surface area contributed by atoms with E-state index >= 15 is 0 Å². The van der Waals surface area contributed by atoms with Gasteiger partial charge in [-0.3, -0.25) is 14.3 Å². The summed E-state index contributed by atoms with van der Waals surface area (Å²) in [5.41, 5.74) is 1.93. The molecule has 1 aromatic heterocycles. The summed E-state index contributed by atoms with van der Waals surface area (Å²) in [4.78, 5) is 27.9. The zero-order valence-corrected chi connectivity index (χ0v) is 15.0. The summed E-state index contributed by atoms with van der Waals surface area (Å²) < 4.78 is 1.80. The summed E-state index contributed by atoms with van der Waals surface area (Å²) in [6.45, 7) is 9.54. The van der Waals surface area contributed by atoms with Crippen molar-refractivity contribution in [1.82, 2.24) is 19.6 Å². The van der Waals surface area contributed by atoms with E-state index in [1.165, 1.54) is 4.90 Å². The monoisotopic (exact) mass is 336 g/mol. The molecule has 1 aliphatic rings. The first kappa shape index (κ1) is 18.4. The zero-order valence-electron chi connectivity index (χ0n) is 15.0. The lowest BCUT2D eigenvalue weighted by Crippen LogP contribution is -2.40. The van der Waals surface area contributed by atoms with E-state index in [9.17, 15) is 14.7 Å². The lowest BCUT2D eigenvalue weighted by atomic mass is 10.2. The molecule has 24 heavy (non-hydrogen) atoms. The second-order valence-electron chi connectivity index (χ2n) is 7.02. The molecule has 1 fully saturated rings. The Balaban J connectivity index is 1.96. The molecule has 0 aromatic carbocycles. The molecule has 0 spiro atoms. The Morgan fingerprint density at radius 1 is 1.38 bits per heavy atom. The largest absolute Gasteiger partial charge is 0.389 e. The molecule has 7 nitrogen and oxygen atoms in total. The van der Waals surface area contributed by atoms with Crippen molar-refractivity contribution in [2.75, 3.05) is 26.2 Å². The molecule has 0 radical (unpaired) electrons. The maximum atomic E-state index is 12.5. The molecule has 1 unspecified atom stereocenters. The maximum Gasteiger partial charge on any atom is 0.242 e. The van der Waals surface area contributed by atoms with Gasteiger partial charge >= 0.3 is 0 Å². The Morgan fingerprint density at radius 3 is 2.67 bits per heavy atom. The third kappa shape index (κ3) is 4.80. The summed E-state index contributed by atoms with van der Waals surface area (Å²) in [6, 6.07) is 1.97. The van der Waals surface area contributed by atoms with Gasteiger partial charge in [-0.1, -0.05) is 13.8 Å². The van der Waals surface area contributed by atoms with Crippen molar-refractivity contribution in [3.05, 3.63) is 17.5 Å². The van der Waals surface area contributed by atoms with Crippen LogP contribution in [0.1, 0.15) is 31.7 Å².